The van der Waals surface area contributed by atoms with Gasteiger partial charge in [-0.15, -0.1) is 5.11 Å². The number of hydrogen-bond acceptors (Lipinski definition) is 7. The molecule has 1 aromatic heterocycles. The van der Waals surface area contributed by atoms with Crippen LogP contribution in [0.5, 0.6) is 0 Å². The average molecular weight is 415 g/mol. The molecule has 0 unspecified atom stereocenters. The van der Waals surface area contributed by atoms with E-state index in [1.54, 1.807) is 18.5 Å². The van der Waals surface area contributed by atoms with Crippen LogP contribution in [0.3, 0.4) is 0 Å². The number of aromatic nitrogens is 2. The maximum absolute atomic E-state index is 13.6. The van der Waals surface area contributed by atoms with Crippen LogP contribution in [0.15, 0.2) is 75.6 Å². The molecule has 7 heteroatoms. The zero-order valence-corrected chi connectivity index (χ0v) is 18.3. The van der Waals surface area contributed by atoms with Crippen molar-refractivity contribution in [3.05, 3.63) is 71.0 Å². The van der Waals surface area contributed by atoms with Gasteiger partial charge >= 0.3 is 0 Å². The summed E-state index contributed by atoms with van der Waals surface area (Å²) in [5.41, 5.74) is 4.02. The topological polar surface area (TPSA) is 82.8 Å². The number of Topliss-reactive ketones (excluding diaryl/α,β-unsaturated/α-hetero) is 1. The third-order valence-corrected chi connectivity index (χ3v) is 6.77. The Bertz CT molecular complexity index is 1160. The lowest BCUT2D eigenvalue weighted by atomic mass is 9.64. The molecular formula is C24H26N6O. The molecule has 158 valence electrons. The summed E-state index contributed by atoms with van der Waals surface area (Å²) in [6, 6.07) is 10.1. The molecule has 1 aliphatic carbocycles. The van der Waals surface area contributed by atoms with Crippen LogP contribution in [-0.2, 0) is 10.2 Å². The second-order valence-electron chi connectivity index (χ2n) is 9.01. The minimum Gasteiger partial charge on any atom is -0.342 e. The molecule has 0 saturated heterocycles. The van der Waals surface area contributed by atoms with Crippen LogP contribution in [0.4, 0.5) is 11.6 Å². The summed E-state index contributed by atoms with van der Waals surface area (Å²) >= 11 is 0. The summed E-state index contributed by atoms with van der Waals surface area (Å²) in [6.07, 6.45) is 4.91. The standard InChI is InChI=1S/C24H26N6O/c1-5-24(15-8-6-9-16(12-15)30(4)22-25-10-7-11-26-22)17-14-27-29-21(17)28-18-13-23(2,3)20(31)19(18)24/h6-12,28H,5,13-14H2,1-4H3/t24-/m1/s1. The number of anilines is 2. The summed E-state index contributed by atoms with van der Waals surface area (Å²) in [4.78, 5) is 24.3. The number of nitrogens with zero attached hydrogens (tertiary/aromatic N) is 5. The highest BCUT2D eigenvalue weighted by molar-refractivity contribution is 6.06. The molecule has 1 atom stereocenters. The number of nitrogens with one attached hydrogen (secondary N) is 1. The van der Waals surface area contributed by atoms with E-state index in [0.29, 0.717) is 18.9 Å². The van der Waals surface area contributed by atoms with Gasteiger partial charge in [-0.1, -0.05) is 32.9 Å². The van der Waals surface area contributed by atoms with Crippen LogP contribution in [0.2, 0.25) is 0 Å². The Labute approximate surface area is 182 Å². The second kappa shape index (κ2) is 6.83. The molecule has 3 aliphatic rings. The molecule has 0 bridgehead atoms. The summed E-state index contributed by atoms with van der Waals surface area (Å²) in [7, 11) is 1.95. The molecule has 0 spiro atoms. The maximum atomic E-state index is 13.6. The van der Waals surface area contributed by atoms with Crippen molar-refractivity contribution < 1.29 is 4.79 Å². The van der Waals surface area contributed by atoms with Crippen molar-refractivity contribution in [3.8, 4) is 0 Å². The van der Waals surface area contributed by atoms with Crippen molar-refractivity contribution in [2.24, 2.45) is 15.6 Å². The van der Waals surface area contributed by atoms with Gasteiger partial charge in [-0.25, -0.2) is 9.97 Å². The Balaban J connectivity index is 1.68. The first kappa shape index (κ1) is 19.6. The van der Waals surface area contributed by atoms with Gasteiger partial charge in [0.15, 0.2) is 11.6 Å². The number of ketones is 1. The van der Waals surface area contributed by atoms with E-state index >= 15 is 0 Å². The molecular weight excluding hydrogens is 388 g/mol. The van der Waals surface area contributed by atoms with Crippen LogP contribution >= 0.6 is 0 Å². The van der Waals surface area contributed by atoms with Crippen molar-refractivity contribution in [3.63, 3.8) is 0 Å². The van der Waals surface area contributed by atoms with Gasteiger partial charge in [0.2, 0.25) is 5.95 Å². The summed E-state index contributed by atoms with van der Waals surface area (Å²) in [5, 5.41) is 12.1. The number of rotatable bonds is 4. The Morgan fingerprint density at radius 1 is 1.16 bits per heavy atom. The van der Waals surface area contributed by atoms with E-state index < -0.39 is 10.8 Å². The van der Waals surface area contributed by atoms with Gasteiger partial charge in [-0.3, -0.25) is 4.79 Å². The molecule has 7 nitrogen and oxygen atoms in total. The Kier molecular flexibility index (Phi) is 4.32. The lowest BCUT2D eigenvalue weighted by molar-refractivity contribution is -0.122. The van der Waals surface area contributed by atoms with Crippen LogP contribution in [-0.4, -0.2) is 29.3 Å². The molecule has 0 amide bonds. The van der Waals surface area contributed by atoms with Gasteiger partial charge in [-0.2, -0.15) is 5.11 Å². The van der Waals surface area contributed by atoms with Crippen molar-refractivity contribution in [2.75, 3.05) is 18.5 Å². The van der Waals surface area contributed by atoms with Crippen LogP contribution in [0.1, 0.15) is 39.2 Å². The summed E-state index contributed by atoms with van der Waals surface area (Å²) < 4.78 is 0. The monoisotopic (exact) mass is 414 g/mol. The Morgan fingerprint density at radius 2 is 1.94 bits per heavy atom. The van der Waals surface area contributed by atoms with Crippen LogP contribution in [0, 0.1) is 5.41 Å². The minimum absolute atomic E-state index is 0.209. The van der Waals surface area contributed by atoms with Gasteiger partial charge in [0.25, 0.3) is 0 Å². The number of hydrogen-bond donors (Lipinski definition) is 1. The number of carbonyl (C=O) groups is 1. The molecule has 0 saturated carbocycles. The van der Waals surface area contributed by atoms with E-state index in [4.69, 9.17) is 0 Å². The van der Waals surface area contributed by atoms with E-state index in [9.17, 15) is 4.79 Å². The lowest BCUT2D eigenvalue weighted by Crippen LogP contribution is -2.41. The minimum atomic E-state index is -0.543. The summed E-state index contributed by atoms with van der Waals surface area (Å²) in [6.45, 7) is 6.70. The first-order valence-electron chi connectivity index (χ1n) is 10.7. The SMILES string of the molecule is CC[C@@]1(c2cccc(N(C)c3ncccn3)c2)C2=C(N=NC2)NC2=C1C(=O)C(C)(C)C2. The smallest absolute Gasteiger partial charge is 0.229 e. The van der Waals surface area contributed by atoms with Crippen molar-refractivity contribution in [1.82, 2.24) is 15.3 Å². The highest BCUT2D eigenvalue weighted by Crippen LogP contribution is 2.55. The van der Waals surface area contributed by atoms with E-state index in [-0.39, 0.29) is 5.78 Å². The number of dihydropyridines is 1. The quantitative estimate of drug-likeness (QED) is 0.800. The first-order valence-corrected chi connectivity index (χ1v) is 10.7. The molecule has 1 N–H and O–H groups in total. The molecule has 0 fully saturated rings. The van der Waals surface area contributed by atoms with E-state index in [1.165, 1.54) is 0 Å². The van der Waals surface area contributed by atoms with Gasteiger partial charge in [0.1, 0.15) is 0 Å². The second-order valence-corrected chi connectivity index (χ2v) is 9.01. The normalized spacial score (nSPS) is 23.7. The number of carbonyl (C=O) groups excluding carboxylic acids is 1. The summed E-state index contributed by atoms with van der Waals surface area (Å²) in [5.74, 6) is 1.64. The van der Waals surface area contributed by atoms with E-state index in [0.717, 1.165) is 40.3 Å². The molecule has 2 aliphatic heterocycles. The first-order chi connectivity index (χ1) is 14.9. The molecule has 1 aromatic carbocycles. The Hall–Kier alpha value is -3.35. The van der Waals surface area contributed by atoms with Gasteiger partial charge in [0, 0.05) is 53.8 Å². The fraction of sp³-hybridized carbons (Fsp3) is 0.375. The predicted octanol–water partition coefficient (Wildman–Crippen LogP) is 4.43. The van der Waals surface area contributed by atoms with Crippen molar-refractivity contribution >= 4 is 17.4 Å². The molecule has 2 aromatic rings. The fourth-order valence-electron chi connectivity index (χ4n) is 5.16. The Morgan fingerprint density at radius 3 is 2.68 bits per heavy atom. The predicted molar refractivity (Wildman–Crippen MR) is 119 cm³/mol. The third-order valence-electron chi connectivity index (χ3n) is 6.77. The maximum Gasteiger partial charge on any atom is 0.229 e. The largest absolute Gasteiger partial charge is 0.342 e. The zero-order valence-electron chi connectivity index (χ0n) is 18.3. The highest BCUT2D eigenvalue weighted by atomic mass is 16.1. The average Bonchev–Trinajstić information content (AvgIpc) is 3.34. The van der Waals surface area contributed by atoms with Gasteiger partial charge in [0.05, 0.1) is 12.0 Å². The van der Waals surface area contributed by atoms with Gasteiger partial charge < -0.3 is 10.2 Å². The van der Waals surface area contributed by atoms with Crippen molar-refractivity contribution in [2.45, 2.75) is 39.0 Å². The molecule has 0 radical (unpaired) electrons. The lowest BCUT2D eigenvalue weighted by Gasteiger charge is -2.40. The molecule has 5 rings (SSSR count). The molecule has 31 heavy (non-hydrogen) atoms. The highest BCUT2D eigenvalue weighted by Gasteiger charge is 2.54. The number of azo groups is 1. The number of allylic oxidation sites excluding steroid dienone is 2. The zero-order chi connectivity index (χ0) is 21.8. The fourth-order valence-corrected chi connectivity index (χ4v) is 5.16. The third kappa shape index (κ3) is 2.76. The number of benzene rings is 1. The van der Waals surface area contributed by atoms with Crippen LogP contribution < -0.4 is 10.2 Å². The van der Waals surface area contributed by atoms with Crippen LogP contribution in [0.25, 0.3) is 0 Å². The van der Waals surface area contributed by atoms with E-state index in [1.807, 2.05) is 37.9 Å². The molecule has 3 heterocycles. The van der Waals surface area contributed by atoms with E-state index in [2.05, 4.69) is 44.6 Å². The van der Waals surface area contributed by atoms with Gasteiger partial charge in [-0.05, 0) is 30.2 Å². The van der Waals surface area contributed by atoms with Crippen molar-refractivity contribution in [1.29, 1.82) is 0 Å².